The summed E-state index contributed by atoms with van der Waals surface area (Å²) in [5.41, 5.74) is 4.91. The molecule has 3 aromatic rings. The van der Waals surface area contributed by atoms with E-state index >= 15 is 0 Å². The Morgan fingerprint density at radius 3 is 2.38 bits per heavy atom. The first-order valence-electron chi connectivity index (χ1n) is 10.0. The molecule has 4 rings (SSSR count). The average Bonchev–Trinajstić information content (AvgIpc) is 3.31. The second kappa shape index (κ2) is 8.66. The van der Waals surface area contributed by atoms with Gasteiger partial charge in [-0.25, -0.2) is 4.68 Å². The minimum absolute atomic E-state index is 0.334. The minimum Gasteiger partial charge on any atom is -0.493 e. The Morgan fingerprint density at radius 1 is 1.06 bits per heavy atom. The molecule has 168 valence electrons. The second-order valence-corrected chi connectivity index (χ2v) is 8.96. The van der Waals surface area contributed by atoms with Gasteiger partial charge >= 0.3 is 0 Å². The number of carbonyl (C=O) groups is 1. The van der Waals surface area contributed by atoms with Gasteiger partial charge in [-0.15, -0.1) is 0 Å². The Bertz CT molecular complexity index is 1210. The fraction of sp³-hybridized carbons (Fsp3) is 0.304. The summed E-state index contributed by atoms with van der Waals surface area (Å²) in [5.74, 6) is 2.06. The van der Waals surface area contributed by atoms with E-state index in [0.29, 0.717) is 40.1 Å². The molecule has 1 amide bonds. The molecule has 32 heavy (non-hydrogen) atoms. The molecule has 1 unspecified atom stereocenters. The van der Waals surface area contributed by atoms with E-state index in [2.05, 4.69) is 5.32 Å². The van der Waals surface area contributed by atoms with Gasteiger partial charge in [0.1, 0.15) is 5.82 Å². The van der Waals surface area contributed by atoms with Crippen LogP contribution in [0, 0.1) is 13.8 Å². The maximum absolute atomic E-state index is 13.3. The lowest BCUT2D eigenvalue weighted by molar-refractivity contribution is 0.102. The van der Waals surface area contributed by atoms with Crippen LogP contribution in [0.25, 0.3) is 5.69 Å². The van der Waals surface area contributed by atoms with Crippen molar-refractivity contribution in [2.24, 2.45) is 0 Å². The highest BCUT2D eigenvalue weighted by molar-refractivity contribution is 7.83. The Kier molecular flexibility index (Phi) is 5.92. The lowest BCUT2D eigenvalue weighted by Gasteiger charge is -2.16. The second-order valence-electron chi connectivity index (χ2n) is 7.50. The van der Waals surface area contributed by atoms with E-state index in [4.69, 9.17) is 19.3 Å². The van der Waals surface area contributed by atoms with E-state index < -0.39 is 10.8 Å². The van der Waals surface area contributed by atoms with Gasteiger partial charge in [0.05, 0.1) is 44.2 Å². The first-order valence-corrected chi connectivity index (χ1v) is 11.5. The first kappa shape index (κ1) is 21.9. The number of hydrogen-bond acceptors (Lipinski definition) is 6. The van der Waals surface area contributed by atoms with Crippen molar-refractivity contribution >= 4 is 22.5 Å². The first-order chi connectivity index (χ1) is 15.4. The maximum Gasteiger partial charge on any atom is 0.257 e. The third-order valence-electron chi connectivity index (χ3n) is 5.63. The number of nitrogens with one attached hydrogen (secondary N) is 1. The van der Waals surface area contributed by atoms with Crippen molar-refractivity contribution in [2.45, 2.75) is 25.4 Å². The smallest absolute Gasteiger partial charge is 0.257 e. The molecule has 9 heteroatoms. The van der Waals surface area contributed by atoms with E-state index in [-0.39, 0.29) is 5.91 Å². The highest BCUT2D eigenvalue weighted by Crippen LogP contribution is 2.39. The Balaban J connectivity index is 1.79. The molecule has 1 aromatic heterocycles. The number of ether oxygens (including phenoxy) is 3. The quantitative estimate of drug-likeness (QED) is 0.611. The van der Waals surface area contributed by atoms with Gasteiger partial charge in [0.2, 0.25) is 5.75 Å². The van der Waals surface area contributed by atoms with Gasteiger partial charge in [0, 0.05) is 21.9 Å². The Morgan fingerprint density at radius 2 is 1.75 bits per heavy atom. The number of rotatable bonds is 6. The summed E-state index contributed by atoms with van der Waals surface area (Å²) >= 11 is 0. The molecule has 0 aliphatic carbocycles. The fourth-order valence-electron chi connectivity index (χ4n) is 3.79. The van der Waals surface area contributed by atoms with Crippen LogP contribution < -0.4 is 19.5 Å². The lowest BCUT2D eigenvalue weighted by atomic mass is 10.1. The standard InChI is InChI=1S/C23H25N3O5S/c1-13-7-6-8-18(14(13)2)26-22(16-11-32(28)12-17(16)25-26)24-23(27)15-9-19(29-3)21(31-5)20(10-15)30-4/h6-10H,11-12H2,1-5H3,(H,24,27). The molecule has 1 aliphatic heterocycles. The van der Waals surface area contributed by atoms with Crippen LogP contribution in [0.5, 0.6) is 17.2 Å². The summed E-state index contributed by atoms with van der Waals surface area (Å²) < 4.78 is 30.0. The SMILES string of the molecule is COc1cc(C(=O)Nc2c3c(nn2-c2cccc(C)c2C)CS(=O)C3)cc(OC)c1OC. The van der Waals surface area contributed by atoms with Gasteiger partial charge < -0.3 is 19.5 Å². The third-order valence-corrected chi connectivity index (χ3v) is 6.84. The van der Waals surface area contributed by atoms with Crippen LogP contribution in [-0.2, 0) is 22.3 Å². The molecule has 0 bridgehead atoms. The minimum atomic E-state index is -1.03. The Hall–Kier alpha value is -3.33. The molecular formula is C23H25N3O5S. The summed E-state index contributed by atoms with van der Waals surface area (Å²) in [4.78, 5) is 13.3. The summed E-state index contributed by atoms with van der Waals surface area (Å²) in [7, 11) is 3.47. The van der Waals surface area contributed by atoms with Crippen LogP contribution in [0.1, 0.15) is 32.7 Å². The zero-order valence-corrected chi connectivity index (χ0v) is 19.5. The molecule has 1 N–H and O–H groups in total. The molecule has 0 spiro atoms. The number of nitrogens with zero attached hydrogens (tertiary/aromatic N) is 2. The van der Waals surface area contributed by atoms with Crippen LogP contribution in [0.4, 0.5) is 5.82 Å². The summed E-state index contributed by atoms with van der Waals surface area (Å²) in [6.07, 6.45) is 0. The van der Waals surface area contributed by atoms with E-state index in [1.54, 1.807) is 16.8 Å². The zero-order chi connectivity index (χ0) is 23.0. The van der Waals surface area contributed by atoms with Crippen LogP contribution in [-0.4, -0.2) is 41.2 Å². The fourth-order valence-corrected chi connectivity index (χ4v) is 5.05. The predicted molar refractivity (Wildman–Crippen MR) is 123 cm³/mol. The largest absolute Gasteiger partial charge is 0.493 e. The van der Waals surface area contributed by atoms with Crippen molar-refractivity contribution in [3.05, 3.63) is 58.3 Å². The monoisotopic (exact) mass is 455 g/mol. The number of amides is 1. The van der Waals surface area contributed by atoms with Crippen molar-refractivity contribution in [3.63, 3.8) is 0 Å². The van der Waals surface area contributed by atoms with Gasteiger partial charge in [0.15, 0.2) is 11.5 Å². The third kappa shape index (κ3) is 3.73. The van der Waals surface area contributed by atoms with Crippen LogP contribution in [0.15, 0.2) is 30.3 Å². The van der Waals surface area contributed by atoms with E-state index in [1.165, 1.54) is 21.3 Å². The van der Waals surface area contributed by atoms with Crippen molar-refractivity contribution in [3.8, 4) is 22.9 Å². The number of anilines is 1. The average molecular weight is 456 g/mol. The van der Waals surface area contributed by atoms with Crippen LogP contribution >= 0.6 is 0 Å². The highest BCUT2D eigenvalue weighted by atomic mass is 32.2. The van der Waals surface area contributed by atoms with Crippen LogP contribution in [0.2, 0.25) is 0 Å². The molecule has 1 aliphatic rings. The van der Waals surface area contributed by atoms with E-state index in [0.717, 1.165) is 28.1 Å². The predicted octanol–water partition coefficient (Wildman–Crippen LogP) is 3.53. The van der Waals surface area contributed by atoms with Gasteiger partial charge in [-0.3, -0.25) is 9.00 Å². The summed E-state index contributed by atoms with van der Waals surface area (Å²) in [6.45, 7) is 4.04. The van der Waals surface area contributed by atoms with E-state index in [9.17, 15) is 9.00 Å². The van der Waals surface area contributed by atoms with Gasteiger partial charge in [-0.2, -0.15) is 5.10 Å². The van der Waals surface area contributed by atoms with Crippen molar-refractivity contribution in [1.29, 1.82) is 0 Å². The highest BCUT2D eigenvalue weighted by Gasteiger charge is 2.29. The molecule has 0 fully saturated rings. The number of fused-ring (bicyclic) bond motifs is 1. The Labute approximate surface area is 188 Å². The summed E-state index contributed by atoms with van der Waals surface area (Å²) in [5, 5.41) is 7.68. The normalized spacial score (nSPS) is 14.7. The van der Waals surface area contributed by atoms with Gasteiger partial charge in [0.25, 0.3) is 5.91 Å². The molecule has 2 aromatic carbocycles. The molecule has 0 saturated heterocycles. The van der Waals surface area contributed by atoms with E-state index in [1.807, 2.05) is 32.0 Å². The van der Waals surface area contributed by atoms with Gasteiger partial charge in [-0.1, -0.05) is 12.1 Å². The number of aryl methyl sites for hydroxylation is 1. The number of methoxy groups -OCH3 is 3. The maximum atomic E-state index is 13.3. The zero-order valence-electron chi connectivity index (χ0n) is 18.6. The molecule has 2 heterocycles. The van der Waals surface area contributed by atoms with Crippen molar-refractivity contribution in [1.82, 2.24) is 9.78 Å². The molecule has 1 atom stereocenters. The van der Waals surface area contributed by atoms with Gasteiger partial charge in [-0.05, 0) is 43.2 Å². The summed E-state index contributed by atoms with van der Waals surface area (Å²) in [6, 6.07) is 9.12. The van der Waals surface area contributed by atoms with Crippen LogP contribution in [0.3, 0.4) is 0 Å². The topological polar surface area (TPSA) is 91.7 Å². The molecule has 0 saturated carbocycles. The lowest BCUT2D eigenvalue weighted by Crippen LogP contribution is -2.17. The number of benzene rings is 2. The number of hydrogen-bond donors (Lipinski definition) is 1. The number of aromatic nitrogens is 2. The molecule has 0 radical (unpaired) electrons. The van der Waals surface area contributed by atoms with Crippen molar-refractivity contribution < 1.29 is 23.2 Å². The molecule has 8 nitrogen and oxygen atoms in total. The molecular weight excluding hydrogens is 430 g/mol. The number of carbonyl (C=O) groups excluding carboxylic acids is 1. The van der Waals surface area contributed by atoms with Crippen molar-refractivity contribution in [2.75, 3.05) is 26.6 Å².